The van der Waals surface area contributed by atoms with Crippen molar-refractivity contribution in [1.29, 1.82) is 0 Å². The molecule has 3 aromatic rings. The third-order valence-electron chi connectivity index (χ3n) is 4.57. The van der Waals surface area contributed by atoms with Gasteiger partial charge in [-0.15, -0.1) is 5.10 Å². The van der Waals surface area contributed by atoms with Crippen molar-refractivity contribution >= 4 is 0 Å². The maximum atomic E-state index is 5.94. The molecular weight excluding hydrogens is 342 g/mol. The molecule has 0 radical (unpaired) electrons. The molecule has 0 aliphatic heterocycles. The molecule has 0 unspecified atom stereocenters. The first-order valence-electron chi connectivity index (χ1n) is 9.10. The third-order valence-corrected chi connectivity index (χ3v) is 4.57. The number of rotatable bonds is 8. The van der Waals surface area contributed by atoms with Crippen LogP contribution in [0, 0.1) is 6.92 Å². The second-order valence-corrected chi connectivity index (χ2v) is 6.77. The second-order valence-electron chi connectivity index (χ2n) is 6.77. The van der Waals surface area contributed by atoms with Crippen LogP contribution in [-0.4, -0.2) is 33.4 Å². The molecule has 4 rings (SSSR count). The number of nitrogens with zero attached hydrogens (tertiary/aromatic N) is 4. The van der Waals surface area contributed by atoms with Gasteiger partial charge in [-0.1, -0.05) is 23.8 Å². The molecule has 1 aliphatic carbocycles. The highest BCUT2D eigenvalue weighted by atomic mass is 16.5. The predicted octanol–water partition coefficient (Wildman–Crippen LogP) is 2.81. The van der Waals surface area contributed by atoms with Crippen LogP contribution in [0.3, 0.4) is 0 Å². The minimum absolute atomic E-state index is 0.247. The van der Waals surface area contributed by atoms with Gasteiger partial charge in [0.25, 0.3) is 0 Å². The number of aromatic nitrogens is 4. The van der Waals surface area contributed by atoms with E-state index in [-0.39, 0.29) is 6.61 Å². The van der Waals surface area contributed by atoms with Gasteiger partial charge in [0.1, 0.15) is 0 Å². The topological polar surface area (TPSA) is 74.1 Å². The Bertz CT molecular complexity index is 903. The summed E-state index contributed by atoms with van der Waals surface area (Å²) >= 11 is 0. The van der Waals surface area contributed by atoms with Crippen LogP contribution in [0.2, 0.25) is 0 Å². The predicted molar refractivity (Wildman–Crippen MR) is 101 cm³/mol. The molecule has 0 atom stereocenters. The van der Waals surface area contributed by atoms with E-state index < -0.39 is 0 Å². The fourth-order valence-electron chi connectivity index (χ4n) is 2.82. The van der Waals surface area contributed by atoms with Gasteiger partial charge in [0.2, 0.25) is 0 Å². The number of tetrazole rings is 1. The molecule has 7 nitrogen and oxygen atoms in total. The Labute approximate surface area is 158 Å². The number of methoxy groups -OCH3 is 1. The van der Waals surface area contributed by atoms with Crippen LogP contribution in [-0.2, 0) is 13.2 Å². The molecule has 2 aromatic carbocycles. The zero-order chi connectivity index (χ0) is 18.6. The van der Waals surface area contributed by atoms with Crippen molar-refractivity contribution in [1.82, 2.24) is 25.5 Å². The van der Waals surface area contributed by atoms with E-state index in [2.05, 4.69) is 26.9 Å². The van der Waals surface area contributed by atoms with Gasteiger partial charge in [-0.2, -0.15) is 4.68 Å². The van der Waals surface area contributed by atoms with E-state index >= 15 is 0 Å². The average Bonchev–Trinajstić information content (AvgIpc) is 3.41. The molecule has 1 fully saturated rings. The highest BCUT2D eigenvalue weighted by Crippen LogP contribution is 2.29. The van der Waals surface area contributed by atoms with Crippen molar-refractivity contribution in [2.24, 2.45) is 0 Å². The minimum Gasteiger partial charge on any atom is -0.493 e. The zero-order valence-corrected chi connectivity index (χ0v) is 15.6. The molecule has 140 valence electrons. The van der Waals surface area contributed by atoms with Gasteiger partial charge < -0.3 is 14.8 Å². The lowest BCUT2D eigenvalue weighted by Crippen LogP contribution is -2.15. The van der Waals surface area contributed by atoms with Crippen molar-refractivity contribution in [2.45, 2.75) is 39.0 Å². The van der Waals surface area contributed by atoms with Gasteiger partial charge in [0.15, 0.2) is 23.9 Å². The Morgan fingerprint density at radius 2 is 1.93 bits per heavy atom. The Morgan fingerprint density at radius 3 is 2.67 bits per heavy atom. The number of hydrogen-bond donors (Lipinski definition) is 1. The summed E-state index contributed by atoms with van der Waals surface area (Å²) < 4.78 is 13.1. The highest BCUT2D eigenvalue weighted by Gasteiger charge is 2.20. The first-order chi connectivity index (χ1) is 13.2. The minimum atomic E-state index is 0.247. The summed E-state index contributed by atoms with van der Waals surface area (Å²) in [6.07, 6.45) is 2.54. The normalized spacial score (nSPS) is 13.6. The molecule has 0 saturated heterocycles. The lowest BCUT2D eigenvalue weighted by atomic mass is 10.2. The fraction of sp³-hybridized carbons (Fsp3) is 0.350. The van der Waals surface area contributed by atoms with E-state index in [4.69, 9.17) is 9.47 Å². The van der Waals surface area contributed by atoms with E-state index in [9.17, 15) is 0 Å². The molecule has 0 amide bonds. The molecular formula is C20H23N5O2. The van der Waals surface area contributed by atoms with Crippen molar-refractivity contribution in [3.8, 4) is 17.2 Å². The lowest BCUT2D eigenvalue weighted by molar-refractivity contribution is 0.273. The average molecular weight is 365 g/mol. The highest BCUT2D eigenvalue weighted by molar-refractivity contribution is 5.43. The first-order valence-corrected chi connectivity index (χ1v) is 9.10. The van der Waals surface area contributed by atoms with Gasteiger partial charge in [0.05, 0.1) is 12.8 Å². The molecule has 27 heavy (non-hydrogen) atoms. The van der Waals surface area contributed by atoms with Crippen LogP contribution in [0.15, 0.2) is 42.5 Å². The van der Waals surface area contributed by atoms with E-state index in [1.807, 2.05) is 43.3 Å². The Balaban J connectivity index is 1.45. The van der Waals surface area contributed by atoms with Crippen LogP contribution >= 0.6 is 0 Å². The summed E-state index contributed by atoms with van der Waals surface area (Å²) in [5.74, 6) is 2.01. The summed E-state index contributed by atoms with van der Waals surface area (Å²) in [5.41, 5.74) is 3.26. The van der Waals surface area contributed by atoms with E-state index in [0.717, 1.165) is 12.2 Å². The summed E-state index contributed by atoms with van der Waals surface area (Å²) in [4.78, 5) is 0. The number of aryl methyl sites for hydroxylation is 1. The van der Waals surface area contributed by atoms with Gasteiger partial charge in [-0.3, -0.25) is 0 Å². The number of benzene rings is 2. The van der Waals surface area contributed by atoms with Crippen LogP contribution in [0.4, 0.5) is 0 Å². The number of hydrogen-bond acceptors (Lipinski definition) is 6. The monoisotopic (exact) mass is 365 g/mol. The van der Waals surface area contributed by atoms with Crippen molar-refractivity contribution < 1.29 is 9.47 Å². The maximum Gasteiger partial charge on any atom is 0.194 e. The molecule has 0 spiro atoms. The summed E-state index contributed by atoms with van der Waals surface area (Å²) in [6.45, 7) is 3.13. The summed E-state index contributed by atoms with van der Waals surface area (Å²) in [7, 11) is 1.65. The van der Waals surface area contributed by atoms with Gasteiger partial charge in [0, 0.05) is 12.6 Å². The maximum absolute atomic E-state index is 5.94. The number of nitrogens with one attached hydrogen (secondary N) is 1. The molecule has 1 N–H and O–H groups in total. The van der Waals surface area contributed by atoms with Gasteiger partial charge in [-0.05, 0) is 60.0 Å². The van der Waals surface area contributed by atoms with E-state index in [1.54, 1.807) is 11.8 Å². The molecule has 1 aliphatic rings. The van der Waals surface area contributed by atoms with Crippen LogP contribution < -0.4 is 14.8 Å². The largest absolute Gasteiger partial charge is 0.493 e. The summed E-state index contributed by atoms with van der Waals surface area (Å²) in [5, 5.41) is 15.4. The molecule has 0 bridgehead atoms. The molecule has 1 saturated carbocycles. The Morgan fingerprint density at radius 1 is 1.11 bits per heavy atom. The van der Waals surface area contributed by atoms with Crippen molar-refractivity contribution in [3.05, 3.63) is 59.4 Å². The van der Waals surface area contributed by atoms with Crippen LogP contribution in [0.1, 0.15) is 29.8 Å². The SMILES string of the molecule is COc1cc(CNC2CC2)ccc1OCc1nnnn1-c1ccc(C)cc1. The Hall–Kier alpha value is -2.93. The van der Waals surface area contributed by atoms with Crippen molar-refractivity contribution in [3.63, 3.8) is 0 Å². The fourth-order valence-corrected chi connectivity index (χ4v) is 2.82. The smallest absolute Gasteiger partial charge is 0.194 e. The van der Waals surface area contributed by atoms with E-state index in [1.165, 1.54) is 24.0 Å². The summed E-state index contributed by atoms with van der Waals surface area (Å²) in [6, 6.07) is 14.7. The van der Waals surface area contributed by atoms with Crippen LogP contribution in [0.25, 0.3) is 5.69 Å². The molecule has 1 aromatic heterocycles. The molecule has 1 heterocycles. The quantitative estimate of drug-likeness (QED) is 0.662. The number of ether oxygens (including phenoxy) is 2. The second kappa shape index (κ2) is 7.75. The van der Waals surface area contributed by atoms with Crippen molar-refractivity contribution in [2.75, 3.05) is 7.11 Å². The standard InChI is InChI=1S/C20H23N5O2/c1-14-3-8-17(9-4-14)25-20(22-23-24-25)13-27-18-10-5-15(11-19(18)26-2)12-21-16-6-7-16/h3-5,8-11,16,21H,6-7,12-13H2,1-2H3. The first kappa shape index (κ1) is 17.5. The van der Waals surface area contributed by atoms with E-state index in [0.29, 0.717) is 23.4 Å². The third kappa shape index (κ3) is 4.25. The van der Waals surface area contributed by atoms with Gasteiger partial charge >= 0.3 is 0 Å². The zero-order valence-electron chi connectivity index (χ0n) is 15.6. The van der Waals surface area contributed by atoms with Crippen LogP contribution in [0.5, 0.6) is 11.5 Å². The molecule has 7 heteroatoms. The van der Waals surface area contributed by atoms with Gasteiger partial charge in [-0.25, -0.2) is 0 Å². The lowest BCUT2D eigenvalue weighted by Gasteiger charge is -2.12. The Kier molecular flexibility index (Phi) is 5.02.